The maximum atomic E-state index is 11.0. The molecular formula is C10H12N2O. The molecule has 2 rings (SSSR count). The molecule has 0 unspecified atom stereocenters. The van der Waals surface area contributed by atoms with Gasteiger partial charge in [0.25, 0.3) is 0 Å². The fourth-order valence-electron chi connectivity index (χ4n) is 1.39. The summed E-state index contributed by atoms with van der Waals surface area (Å²) in [5.41, 5.74) is 1.74. The van der Waals surface area contributed by atoms with Gasteiger partial charge in [-0.1, -0.05) is 12.2 Å². The number of amides is 1. The molecule has 0 aliphatic carbocycles. The van der Waals surface area contributed by atoms with Gasteiger partial charge >= 0.3 is 0 Å². The molecule has 0 aromatic rings. The normalized spacial score (nSPS) is 24.3. The van der Waals surface area contributed by atoms with Crippen LogP contribution >= 0.6 is 0 Å². The van der Waals surface area contributed by atoms with E-state index in [1.165, 1.54) is 0 Å². The molecular weight excluding hydrogens is 164 g/mol. The molecule has 0 aromatic carbocycles. The number of nitrogens with zero attached hydrogens (tertiary/aromatic N) is 1. The number of allylic oxidation sites excluding steroid dienone is 2. The molecule has 2 aliphatic rings. The van der Waals surface area contributed by atoms with E-state index < -0.39 is 0 Å². The minimum absolute atomic E-state index is 0.0563. The van der Waals surface area contributed by atoms with Gasteiger partial charge in [-0.15, -0.1) is 0 Å². The van der Waals surface area contributed by atoms with E-state index >= 15 is 0 Å². The number of carbonyl (C=O) groups excluding carboxylic acids is 1. The van der Waals surface area contributed by atoms with E-state index in [2.05, 4.69) is 10.3 Å². The average Bonchev–Trinajstić information content (AvgIpc) is 2.34. The van der Waals surface area contributed by atoms with Crippen molar-refractivity contribution in [2.75, 3.05) is 0 Å². The van der Waals surface area contributed by atoms with Crippen LogP contribution in [0.4, 0.5) is 0 Å². The largest absolute Gasteiger partial charge is 0.324 e. The van der Waals surface area contributed by atoms with E-state index in [0.717, 1.165) is 11.3 Å². The Morgan fingerprint density at radius 3 is 3.08 bits per heavy atom. The molecule has 0 spiro atoms. The maximum Gasteiger partial charge on any atom is 0.228 e. The molecule has 3 heteroatoms. The molecule has 0 atom stereocenters. The Bertz CT molecular complexity index is 318. The lowest BCUT2D eigenvalue weighted by atomic mass is 10.0. The van der Waals surface area contributed by atoms with Crippen LogP contribution < -0.4 is 5.32 Å². The Kier molecular flexibility index (Phi) is 1.62. The standard InChI is InChI=1S/C10H12N2O/c1-10(2)4-3-7-5-9(13)12-8(7)6-11-10/h3-4,6H,5H2,1-2H3,(H,12,13). The molecule has 1 N–H and O–H groups in total. The van der Waals surface area contributed by atoms with Gasteiger partial charge in [0.05, 0.1) is 17.7 Å². The highest BCUT2D eigenvalue weighted by atomic mass is 16.1. The molecule has 0 radical (unpaired) electrons. The highest BCUT2D eigenvalue weighted by Crippen LogP contribution is 2.22. The van der Waals surface area contributed by atoms with Gasteiger partial charge in [-0.3, -0.25) is 9.79 Å². The fraction of sp³-hybridized carbons (Fsp3) is 0.400. The quantitative estimate of drug-likeness (QED) is 0.591. The summed E-state index contributed by atoms with van der Waals surface area (Å²) in [5.74, 6) is 0.0563. The molecule has 1 amide bonds. The van der Waals surface area contributed by atoms with Crippen molar-refractivity contribution in [3.63, 3.8) is 0 Å². The predicted molar refractivity (Wildman–Crippen MR) is 51.5 cm³/mol. The third kappa shape index (κ3) is 1.54. The smallest absolute Gasteiger partial charge is 0.228 e. The number of nitrogens with one attached hydrogen (secondary N) is 1. The van der Waals surface area contributed by atoms with Crippen LogP contribution in [-0.4, -0.2) is 17.7 Å². The van der Waals surface area contributed by atoms with E-state index in [-0.39, 0.29) is 11.4 Å². The van der Waals surface area contributed by atoms with Crippen LogP contribution in [0.1, 0.15) is 20.3 Å². The van der Waals surface area contributed by atoms with Gasteiger partial charge in [-0.2, -0.15) is 0 Å². The van der Waals surface area contributed by atoms with Gasteiger partial charge in [0.15, 0.2) is 0 Å². The predicted octanol–water partition coefficient (Wildman–Crippen LogP) is 1.18. The number of aliphatic imine (C=N–C) groups is 1. The summed E-state index contributed by atoms with van der Waals surface area (Å²) >= 11 is 0. The second-order valence-electron chi connectivity index (χ2n) is 3.91. The highest BCUT2D eigenvalue weighted by molar-refractivity contribution is 5.96. The van der Waals surface area contributed by atoms with Gasteiger partial charge in [0.1, 0.15) is 0 Å². The van der Waals surface area contributed by atoms with Crippen molar-refractivity contribution in [3.8, 4) is 0 Å². The van der Waals surface area contributed by atoms with Crippen LogP contribution in [-0.2, 0) is 4.79 Å². The van der Waals surface area contributed by atoms with Gasteiger partial charge in [-0.25, -0.2) is 0 Å². The lowest BCUT2D eigenvalue weighted by molar-refractivity contribution is -0.118. The topological polar surface area (TPSA) is 41.5 Å². The number of hydrogen-bond acceptors (Lipinski definition) is 2. The average molecular weight is 176 g/mol. The maximum absolute atomic E-state index is 11.0. The number of hydrogen-bond donors (Lipinski definition) is 1. The van der Waals surface area contributed by atoms with E-state index in [1.54, 1.807) is 6.21 Å². The van der Waals surface area contributed by atoms with E-state index in [9.17, 15) is 4.79 Å². The molecule has 0 saturated carbocycles. The van der Waals surface area contributed by atoms with Crippen LogP contribution in [0.2, 0.25) is 0 Å². The van der Waals surface area contributed by atoms with Crippen molar-refractivity contribution in [1.29, 1.82) is 0 Å². The Labute approximate surface area is 77.2 Å². The molecule has 2 aliphatic heterocycles. The number of rotatable bonds is 0. The summed E-state index contributed by atoms with van der Waals surface area (Å²) in [6.07, 6.45) is 6.24. The van der Waals surface area contributed by atoms with Gasteiger partial charge < -0.3 is 5.32 Å². The third-order valence-electron chi connectivity index (χ3n) is 2.19. The molecule has 0 saturated heterocycles. The zero-order valence-corrected chi connectivity index (χ0v) is 7.79. The summed E-state index contributed by atoms with van der Waals surface area (Å²) < 4.78 is 0. The van der Waals surface area contributed by atoms with Crippen molar-refractivity contribution >= 4 is 12.1 Å². The first-order valence-electron chi connectivity index (χ1n) is 4.34. The summed E-state index contributed by atoms with van der Waals surface area (Å²) in [4.78, 5) is 15.4. The van der Waals surface area contributed by atoms with Gasteiger partial charge in [-0.05, 0) is 19.4 Å². The van der Waals surface area contributed by atoms with Crippen molar-refractivity contribution in [1.82, 2.24) is 5.32 Å². The highest BCUT2D eigenvalue weighted by Gasteiger charge is 2.22. The fourth-order valence-corrected chi connectivity index (χ4v) is 1.39. The Morgan fingerprint density at radius 1 is 1.54 bits per heavy atom. The summed E-state index contributed by atoms with van der Waals surface area (Å²) in [7, 11) is 0. The van der Waals surface area contributed by atoms with E-state index in [0.29, 0.717) is 6.42 Å². The van der Waals surface area contributed by atoms with Crippen molar-refractivity contribution in [2.45, 2.75) is 25.8 Å². The molecule has 2 heterocycles. The Hall–Kier alpha value is -1.38. The second kappa shape index (κ2) is 2.55. The summed E-state index contributed by atoms with van der Waals surface area (Å²) in [5, 5.41) is 2.77. The van der Waals surface area contributed by atoms with Crippen LogP contribution in [0.15, 0.2) is 28.4 Å². The molecule has 3 nitrogen and oxygen atoms in total. The zero-order valence-electron chi connectivity index (χ0n) is 7.79. The lowest BCUT2D eigenvalue weighted by Crippen LogP contribution is -2.18. The SMILES string of the molecule is CC1(C)C=CC2=C(C=N1)NC(=O)C2. The van der Waals surface area contributed by atoms with Crippen LogP contribution in [0.25, 0.3) is 0 Å². The third-order valence-corrected chi connectivity index (χ3v) is 2.19. The summed E-state index contributed by atoms with van der Waals surface area (Å²) in [6.45, 7) is 4.06. The van der Waals surface area contributed by atoms with Crippen molar-refractivity contribution < 1.29 is 4.79 Å². The first-order chi connectivity index (χ1) is 6.07. The monoisotopic (exact) mass is 176 g/mol. The second-order valence-corrected chi connectivity index (χ2v) is 3.91. The Balaban J connectivity index is 2.34. The molecule has 68 valence electrons. The number of carbonyl (C=O) groups is 1. The van der Waals surface area contributed by atoms with E-state index in [1.807, 2.05) is 26.0 Å². The van der Waals surface area contributed by atoms with Gasteiger partial charge in [0, 0.05) is 6.21 Å². The zero-order chi connectivity index (χ0) is 9.47. The van der Waals surface area contributed by atoms with E-state index in [4.69, 9.17) is 0 Å². The van der Waals surface area contributed by atoms with Crippen molar-refractivity contribution in [3.05, 3.63) is 23.4 Å². The first-order valence-corrected chi connectivity index (χ1v) is 4.34. The van der Waals surface area contributed by atoms with Gasteiger partial charge in [0.2, 0.25) is 5.91 Å². The van der Waals surface area contributed by atoms with Crippen molar-refractivity contribution in [2.24, 2.45) is 4.99 Å². The lowest BCUT2D eigenvalue weighted by Gasteiger charge is -2.12. The first kappa shape index (κ1) is 8.23. The van der Waals surface area contributed by atoms with Crippen LogP contribution in [0, 0.1) is 0 Å². The molecule has 0 aromatic heterocycles. The molecule has 13 heavy (non-hydrogen) atoms. The minimum Gasteiger partial charge on any atom is -0.324 e. The van der Waals surface area contributed by atoms with Crippen LogP contribution in [0.3, 0.4) is 0 Å². The molecule has 0 fully saturated rings. The Morgan fingerprint density at radius 2 is 2.31 bits per heavy atom. The van der Waals surface area contributed by atoms with Crippen LogP contribution in [0.5, 0.6) is 0 Å². The minimum atomic E-state index is -0.158. The summed E-state index contributed by atoms with van der Waals surface area (Å²) in [6, 6.07) is 0. The molecule has 0 bridgehead atoms.